The van der Waals surface area contributed by atoms with E-state index in [1.807, 2.05) is 44.3 Å². The largest absolute Gasteiger partial charge is 0.467 e. The molecule has 2 N–H and O–H groups in total. The molecule has 1 amide bonds. The number of nitrogens with one attached hydrogen (secondary N) is 2. The van der Waals surface area contributed by atoms with Crippen LogP contribution in [0.5, 0.6) is 0 Å². The third-order valence-electron chi connectivity index (χ3n) is 4.85. The maximum absolute atomic E-state index is 12.0. The molecule has 0 saturated heterocycles. The first-order valence-electron chi connectivity index (χ1n) is 9.54. The lowest BCUT2D eigenvalue weighted by Gasteiger charge is -2.21. The van der Waals surface area contributed by atoms with E-state index >= 15 is 0 Å². The Kier molecular flexibility index (Phi) is 8.04. The fraction of sp³-hybridized carbons (Fsp3) is 0.476. The van der Waals surface area contributed by atoms with Gasteiger partial charge in [0.2, 0.25) is 0 Å². The van der Waals surface area contributed by atoms with Gasteiger partial charge < -0.3 is 19.8 Å². The molecule has 152 valence electrons. The third-order valence-corrected chi connectivity index (χ3v) is 4.85. The maximum Gasteiger partial charge on any atom is 0.328 e. The quantitative estimate of drug-likeness (QED) is 0.610. The Balaban J connectivity index is 1.74. The van der Waals surface area contributed by atoms with Crippen LogP contribution in [0.1, 0.15) is 38.7 Å². The molecule has 0 aliphatic rings. The second-order valence-corrected chi connectivity index (χ2v) is 6.83. The molecule has 2 atom stereocenters. The first-order valence-corrected chi connectivity index (χ1v) is 9.54. The number of methoxy groups -OCH3 is 1. The maximum atomic E-state index is 12.0. The minimum absolute atomic E-state index is 0.0803. The highest BCUT2D eigenvalue weighted by atomic mass is 16.5. The number of H-pyrrole nitrogens is 1. The van der Waals surface area contributed by atoms with Crippen molar-refractivity contribution in [2.24, 2.45) is 5.92 Å². The molecule has 0 fully saturated rings. The van der Waals surface area contributed by atoms with Gasteiger partial charge in [-0.05, 0) is 30.4 Å². The summed E-state index contributed by atoms with van der Waals surface area (Å²) < 4.78 is 9.74. The summed E-state index contributed by atoms with van der Waals surface area (Å²) in [5.74, 6) is -1.54. The molecule has 0 radical (unpaired) electrons. The molecule has 28 heavy (non-hydrogen) atoms. The number of para-hydroxylation sites is 1. The number of carbonyl (C=O) groups excluding carboxylic acids is 3. The Morgan fingerprint density at radius 1 is 1.21 bits per heavy atom. The van der Waals surface area contributed by atoms with Crippen molar-refractivity contribution < 1.29 is 23.9 Å². The summed E-state index contributed by atoms with van der Waals surface area (Å²) >= 11 is 0. The van der Waals surface area contributed by atoms with Gasteiger partial charge in [-0.2, -0.15) is 0 Å². The van der Waals surface area contributed by atoms with Crippen LogP contribution in [0.4, 0.5) is 0 Å². The van der Waals surface area contributed by atoms with Crippen molar-refractivity contribution >= 4 is 28.7 Å². The Labute approximate surface area is 164 Å². The molecule has 1 heterocycles. The van der Waals surface area contributed by atoms with E-state index in [4.69, 9.17) is 9.47 Å². The van der Waals surface area contributed by atoms with Gasteiger partial charge in [-0.15, -0.1) is 0 Å². The number of esters is 2. The van der Waals surface area contributed by atoms with E-state index in [0.717, 1.165) is 22.9 Å². The number of aromatic amines is 1. The molecule has 0 bridgehead atoms. The van der Waals surface area contributed by atoms with E-state index in [1.165, 1.54) is 7.11 Å². The summed E-state index contributed by atoms with van der Waals surface area (Å²) in [6.45, 7) is 3.36. The number of aryl methyl sites for hydroxylation is 1. The Morgan fingerprint density at radius 3 is 2.68 bits per heavy atom. The topological polar surface area (TPSA) is 97.5 Å². The first kappa shape index (κ1) is 21.5. The first-order chi connectivity index (χ1) is 13.5. The summed E-state index contributed by atoms with van der Waals surface area (Å²) in [5.41, 5.74) is 2.22. The van der Waals surface area contributed by atoms with Gasteiger partial charge in [-0.3, -0.25) is 9.59 Å². The molecular weight excluding hydrogens is 360 g/mol. The van der Waals surface area contributed by atoms with Crippen LogP contribution in [0.3, 0.4) is 0 Å². The number of hydrogen-bond acceptors (Lipinski definition) is 5. The van der Waals surface area contributed by atoms with Crippen molar-refractivity contribution in [2.45, 2.75) is 45.6 Å². The zero-order valence-electron chi connectivity index (χ0n) is 16.6. The lowest BCUT2D eigenvalue weighted by atomic mass is 9.99. The fourth-order valence-electron chi connectivity index (χ4n) is 2.99. The van der Waals surface area contributed by atoms with Crippen LogP contribution in [0.25, 0.3) is 10.9 Å². The predicted molar refractivity (Wildman–Crippen MR) is 106 cm³/mol. The van der Waals surface area contributed by atoms with E-state index < -0.39 is 30.5 Å². The van der Waals surface area contributed by atoms with Crippen LogP contribution in [0, 0.1) is 5.92 Å². The van der Waals surface area contributed by atoms with Gasteiger partial charge in [0.1, 0.15) is 6.04 Å². The molecule has 2 aromatic rings. The van der Waals surface area contributed by atoms with E-state index in [1.54, 1.807) is 0 Å². The number of rotatable bonds is 10. The Morgan fingerprint density at radius 2 is 1.96 bits per heavy atom. The van der Waals surface area contributed by atoms with Crippen molar-refractivity contribution in [1.29, 1.82) is 0 Å². The molecule has 7 nitrogen and oxygen atoms in total. The number of ether oxygens (including phenoxy) is 2. The lowest BCUT2D eigenvalue weighted by molar-refractivity contribution is -0.151. The molecule has 0 unspecified atom stereocenters. The lowest BCUT2D eigenvalue weighted by Crippen LogP contribution is -2.47. The van der Waals surface area contributed by atoms with Crippen LogP contribution in [-0.4, -0.2) is 42.6 Å². The van der Waals surface area contributed by atoms with Crippen molar-refractivity contribution in [3.8, 4) is 0 Å². The number of carbonyl (C=O) groups is 3. The zero-order chi connectivity index (χ0) is 20.5. The number of fused-ring (bicyclic) bond motifs is 1. The van der Waals surface area contributed by atoms with Gasteiger partial charge in [-0.25, -0.2) is 4.79 Å². The average molecular weight is 388 g/mol. The summed E-state index contributed by atoms with van der Waals surface area (Å²) in [6.07, 6.45) is 4.24. The standard InChI is InChI=1S/C21H28N2O5/c1-4-14(2)20(21(26)27-3)23-18(24)13-28-19(25)11-7-8-15-12-22-17-10-6-5-9-16(15)17/h5-6,9-10,12,14,20,22H,4,7-8,11,13H2,1-3H3,(H,23,24)/t14-,20-/m0/s1. The molecule has 1 aromatic carbocycles. The van der Waals surface area contributed by atoms with Gasteiger partial charge in [0.25, 0.3) is 5.91 Å². The molecule has 0 aliphatic carbocycles. The van der Waals surface area contributed by atoms with Crippen LogP contribution in [0.2, 0.25) is 0 Å². The van der Waals surface area contributed by atoms with E-state index in [9.17, 15) is 14.4 Å². The third kappa shape index (κ3) is 5.84. The summed E-state index contributed by atoms with van der Waals surface area (Å²) in [6, 6.07) is 7.25. The normalized spacial score (nSPS) is 13.0. The number of hydrogen-bond donors (Lipinski definition) is 2. The van der Waals surface area contributed by atoms with E-state index in [0.29, 0.717) is 12.8 Å². The highest BCUT2D eigenvalue weighted by molar-refractivity contribution is 5.86. The molecule has 1 aromatic heterocycles. The summed E-state index contributed by atoms with van der Waals surface area (Å²) in [4.78, 5) is 38.9. The highest BCUT2D eigenvalue weighted by Crippen LogP contribution is 2.19. The molecule has 0 saturated carbocycles. The van der Waals surface area contributed by atoms with Crippen LogP contribution in [0.15, 0.2) is 30.5 Å². The number of aromatic nitrogens is 1. The average Bonchev–Trinajstić information content (AvgIpc) is 3.12. The smallest absolute Gasteiger partial charge is 0.328 e. The monoisotopic (exact) mass is 388 g/mol. The molecule has 0 spiro atoms. The highest BCUT2D eigenvalue weighted by Gasteiger charge is 2.26. The van der Waals surface area contributed by atoms with Crippen molar-refractivity contribution in [1.82, 2.24) is 10.3 Å². The predicted octanol–water partition coefficient (Wildman–Crippen LogP) is 2.74. The summed E-state index contributed by atoms with van der Waals surface area (Å²) in [7, 11) is 1.28. The van der Waals surface area contributed by atoms with Gasteiger partial charge in [0.05, 0.1) is 7.11 Å². The second kappa shape index (κ2) is 10.5. The molecule has 7 heteroatoms. The van der Waals surface area contributed by atoms with Gasteiger partial charge in [-0.1, -0.05) is 38.5 Å². The zero-order valence-corrected chi connectivity index (χ0v) is 16.6. The molecule has 2 rings (SSSR count). The Bertz CT molecular complexity index is 814. The van der Waals surface area contributed by atoms with Gasteiger partial charge >= 0.3 is 11.9 Å². The van der Waals surface area contributed by atoms with Crippen LogP contribution >= 0.6 is 0 Å². The van der Waals surface area contributed by atoms with Crippen molar-refractivity contribution in [3.05, 3.63) is 36.0 Å². The van der Waals surface area contributed by atoms with Crippen molar-refractivity contribution in [2.75, 3.05) is 13.7 Å². The number of amides is 1. The minimum atomic E-state index is -0.747. The van der Waals surface area contributed by atoms with Crippen molar-refractivity contribution in [3.63, 3.8) is 0 Å². The van der Waals surface area contributed by atoms with Gasteiger partial charge in [0.15, 0.2) is 6.61 Å². The fourth-order valence-corrected chi connectivity index (χ4v) is 2.99. The van der Waals surface area contributed by atoms with E-state index in [-0.39, 0.29) is 12.3 Å². The second-order valence-electron chi connectivity index (χ2n) is 6.83. The van der Waals surface area contributed by atoms with E-state index in [2.05, 4.69) is 10.3 Å². The Hall–Kier alpha value is -2.83. The number of benzene rings is 1. The SMILES string of the molecule is CC[C@H](C)[C@H](NC(=O)COC(=O)CCCc1c[nH]c2ccccc12)C(=O)OC. The van der Waals surface area contributed by atoms with Gasteiger partial charge in [0, 0.05) is 23.5 Å². The summed E-state index contributed by atoms with van der Waals surface area (Å²) in [5, 5.41) is 3.72. The van der Waals surface area contributed by atoms with Crippen LogP contribution < -0.4 is 5.32 Å². The molecule has 0 aliphatic heterocycles. The minimum Gasteiger partial charge on any atom is -0.467 e. The molecular formula is C21H28N2O5. The van der Waals surface area contributed by atoms with Crippen LogP contribution in [-0.2, 0) is 30.3 Å².